The molecule has 0 saturated heterocycles. The van der Waals surface area contributed by atoms with Gasteiger partial charge in [0.1, 0.15) is 12.4 Å². The standard InChI is InChI=1S/C16H16ClNO2/c1-12(19)15-8-7-13(11-16(15)17)18-9-10-20-14-5-3-2-4-6-14/h2-8,11,18H,9-10H2,1H3. The van der Waals surface area contributed by atoms with E-state index < -0.39 is 0 Å². The van der Waals surface area contributed by atoms with Crippen LogP contribution in [0.5, 0.6) is 5.75 Å². The minimum atomic E-state index is -0.0334. The van der Waals surface area contributed by atoms with Gasteiger partial charge in [-0.25, -0.2) is 0 Å². The molecule has 0 saturated carbocycles. The first kappa shape index (κ1) is 14.4. The average molecular weight is 290 g/mol. The van der Waals surface area contributed by atoms with Crippen LogP contribution in [0.25, 0.3) is 0 Å². The largest absolute Gasteiger partial charge is 0.492 e. The van der Waals surface area contributed by atoms with E-state index in [1.165, 1.54) is 6.92 Å². The lowest BCUT2D eigenvalue weighted by Gasteiger charge is -2.09. The van der Waals surface area contributed by atoms with Gasteiger partial charge < -0.3 is 10.1 Å². The van der Waals surface area contributed by atoms with Crippen molar-refractivity contribution in [2.24, 2.45) is 0 Å². The van der Waals surface area contributed by atoms with Crippen molar-refractivity contribution in [2.45, 2.75) is 6.92 Å². The lowest BCUT2D eigenvalue weighted by atomic mass is 10.1. The summed E-state index contributed by atoms with van der Waals surface area (Å²) in [6, 6.07) is 15.0. The molecule has 1 N–H and O–H groups in total. The van der Waals surface area contributed by atoms with Gasteiger partial charge >= 0.3 is 0 Å². The quantitative estimate of drug-likeness (QED) is 0.644. The molecule has 0 aliphatic carbocycles. The first-order valence-corrected chi connectivity index (χ1v) is 6.77. The molecule has 0 radical (unpaired) electrons. The number of rotatable bonds is 6. The first-order valence-electron chi connectivity index (χ1n) is 6.39. The summed E-state index contributed by atoms with van der Waals surface area (Å²) in [6.07, 6.45) is 0. The summed E-state index contributed by atoms with van der Waals surface area (Å²) in [5.41, 5.74) is 1.41. The fourth-order valence-corrected chi connectivity index (χ4v) is 2.11. The zero-order valence-corrected chi connectivity index (χ0v) is 12.0. The zero-order chi connectivity index (χ0) is 14.4. The number of ether oxygens (including phenoxy) is 1. The molecule has 3 nitrogen and oxygen atoms in total. The van der Waals surface area contributed by atoms with Gasteiger partial charge in [-0.1, -0.05) is 29.8 Å². The van der Waals surface area contributed by atoms with Crippen LogP contribution in [0.3, 0.4) is 0 Å². The number of nitrogens with one attached hydrogen (secondary N) is 1. The SMILES string of the molecule is CC(=O)c1ccc(NCCOc2ccccc2)cc1Cl. The van der Waals surface area contributed by atoms with Crippen LogP contribution < -0.4 is 10.1 Å². The number of hydrogen-bond acceptors (Lipinski definition) is 3. The molecule has 2 aromatic rings. The molecular weight excluding hydrogens is 274 g/mol. The molecule has 2 aromatic carbocycles. The second-order valence-corrected chi connectivity index (χ2v) is 4.75. The molecule has 0 atom stereocenters. The molecular formula is C16H16ClNO2. The fraction of sp³-hybridized carbons (Fsp3) is 0.188. The lowest BCUT2D eigenvalue weighted by Crippen LogP contribution is -2.11. The van der Waals surface area contributed by atoms with Gasteiger partial charge in [-0.05, 0) is 37.3 Å². The number of hydrogen-bond donors (Lipinski definition) is 1. The van der Waals surface area contributed by atoms with Crippen molar-refractivity contribution in [3.63, 3.8) is 0 Å². The second-order valence-electron chi connectivity index (χ2n) is 4.34. The van der Waals surface area contributed by atoms with Crippen molar-refractivity contribution in [1.82, 2.24) is 0 Å². The molecule has 20 heavy (non-hydrogen) atoms. The highest BCUT2D eigenvalue weighted by Gasteiger charge is 2.05. The number of Topliss-reactive ketones (excluding diaryl/α,β-unsaturated/α-hetero) is 1. The predicted octanol–water partition coefficient (Wildman–Crippen LogP) is 4.03. The Bertz CT molecular complexity index is 584. The number of benzene rings is 2. The summed E-state index contributed by atoms with van der Waals surface area (Å²) in [4.78, 5) is 11.3. The van der Waals surface area contributed by atoms with Gasteiger partial charge in [0.15, 0.2) is 5.78 Å². The highest BCUT2D eigenvalue weighted by Crippen LogP contribution is 2.21. The van der Waals surface area contributed by atoms with Gasteiger partial charge in [-0.3, -0.25) is 4.79 Å². The first-order chi connectivity index (χ1) is 9.66. The number of anilines is 1. The molecule has 0 bridgehead atoms. The molecule has 2 rings (SSSR count). The Morgan fingerprint density at radius 1 is 1.20 bits per heavy atom. The molecule has 0 aromatic heterocycles. The molecule has 0 aliphatic rings. The summed E-state index contributed by atoms with van der Waals surface area (Å²) in [5.74, 6) is 0.813. The van der Waals surface area contributed by atoms with Crippen LogP contribution in [0.1, 0.15) is 17.3 Å². The Morgan fingerprint density at radius 3 is 2.60 bits per heavy atom. The van der Waals surface area contributed by atoms with Gasteiger partial charge in [0.05, 0.1) is 5.02 Å². The van der Waals surface area contributed by atoms with Crippen molar-refractivity contribution in [1.29, 1.82) is 0 Å². The van der Waals surface area contributed by atoms with Gasteiger partial charge in [0.25, 0.3) is 0 Å². The van der Waals surface area contributed by atoms with Crippen LogP contribution in [0.15, 0.2) is 48.5 Å². The van der Waals surface area contributed by atoms with Crippen molar-refractivity contribution in [3.8, 4) is 5.75 Å². The third-order valence-electron chi connectivity index (χ3n) is 2.79. The molecule has 0 heterocycles. The summed E-state index contributed by atoms with van der Waals surface area (Å²) in [5, 5.41) is 3.67. The third-order valence-corrected chi connectivity index (χ3v) is 3.10. The van der Waals surface area contributed by atoms with E-state index in [1.807, 2.05) is 36.4 Å². The minimum Gasteiger partial charge on any atom is -0.492 e. The van der Waals surface area contributed by atoms with Gasteiger partial charge in [-0.15, -0.1) is 0 Å². The monoisotopic (exact) mass is 289 g/mol. The molecule has 0 spiro atoms. The second kappa shape index (κ2) is 6.96. The van der Waals surface area contributed by atoms with E-state index in [0.717, 1.165) is 11.4 Å². The van der Waals surface area contributed by atoms with E-state index in [0.29, 0.717) is 23.7 Å². The molecule has 0 amide bonds. The summed E-state index contributed by atoms with van der Waals surface area (Å²) in [7, 11) is 0. The van der Waals surface area contributed by atoms with Crippen molar-refractivity contribution in [3.05, 3.63) is 59.1 Å². The van der Waals surface area contributed by atoms with E-state index in [-0.39, 0.29) is 5.78 Å². The number of carbonyl (C=O) groups excluding carboxylic acids is 1. The Balaban J connectivity index is 1.83. The Labute approximate surface area is 123 Å². The number of para-hydroxylation sites is 1. The normalized spacial score (nSPS) is 10.1. The van der Waals surface area contributed by atoms with E-state index in [1.54, 1.807) is 12.1 Å². The highest BCUT2D eigenvalue weighted by molar-refractivity contribution is 6.34. The van der Waals surface area contributed by atoms with Crippen LogP contribution in [-0.4, -0.2) is 18.9 Å². The van der Waals surface area contributed by atoms with Crippen LogP contribution in [0, 0.1) is 0 Å². The van der Waals surface area contributed by atoms with Crippen molar-refractivity contribution in [2.75, 3.05) is 18.5 Å². The zero-order valence-electron chi connectivity index (χ0n) is 11.2. The van der Waals surface area contributed by atoms with Gasteiger partial charge in [0, 0.05) is 17.8 Å². The highest BCUT2D eigenvalue weighted by atomic mass is 35.5. The van der Waals surface area contributed by atoms with Gasteiger partial charge in [0.2, 0.25) is 0 Å². The molecule has 0 fully saturated rings. The molecule has 4 heteroatoms. The van der Waals surface area contributed by atoms with Gasteiger partial charge in [-0.2, -0.15) is 0 Å². The Kier molecular flexibility index (Phi) is 5.02. The fourth-order valence-electron chi connectivity index (χ4n) is 1.79. The maximum Gasteiger partial charge on any atom is 0.161 e. The van der Waals surface area contributed by atoms with Crippen molar-refractivity contribution >= 4 is 23.1 Å². The number of halogens is 1. The Morgan fingerprint density at radius 2 is 1.95 bits per heavy atom. The molecule has 0 aliphatic heterocycles. The number of carbonyl (C=O) groups is 1. The van der Waals surface area contributed by atoms with E-state index in [4.69, 9.17) is 16.3 Å². The van der Waals surface area contributed by atoms with E-state index in [2.05, 4.69) is 5.32 Å². The summed E-state index contributed by atoms with van der Waals surface area (Å²) >= 11 is 6.04. The average Bonchev–Trinajstić information content (AvgIpc) is 2.44. The minimum absolute atomic E-state index is 0.0334. The lowest BCUT2D eigenvalue weighted by molar-refractivity contribution is 0.101. The topological polar surface area (TPSA) is 38.3 Å². The maximum atomic E-state index is 11.3. The van der Waals surface area contributed by atoms with Crippen LogP contribution in [-0.2, 0) is 0 Å². The van der Waals surface area contributed by atoms with E-state index >= 15 is 0 Å². The third kappa shape index (κ3) is 4.00. The predicted molar refractivity (Wildman–Crippen MR) is 81.9 cm³/mol. The van der Waals surface area contributed by atoms with Crippen molar-refractivity contribution < 1.29 is 9.53 Å². The van der Waals surface area contributed by atoms with E-state index in [9.17, 15) is 4.79 Å². The smallest absolute Gasteiger partial charge is 0.161 e. The summed E-state index contributed by atoms with van der Waals surface area (Å²) in [6.45, 7) is 2.71. The molecule has 0 unspecified atom stereocenters. The molecule has 104 valence electrons. The number of ketones is 1. The maximum absolute atomic E-state index is 11.3. The Hall–Kier alpha value is -2.00. The van der Waals surface area contributed by atoms with Crippen LogP contribution in [0.2, 0.25) is 5.02 Å². The summed E-state index contributed by atoms with van der Waals surface area (Å²) < 4.78 is 5.57. The van der Waals surface area contributed by atoms with Crippen LogP contribution in [0.4, 0.5) is 5.69 Å². The van der Waals surface area contributed by atoms with Crippen LogP contribution >= 0.6 is 11.6 Å².